The number of alkyl halides is 2. The van der Waals surface area contributed by atoms with Crippen molar-refractivity contribution in [3.63, 3.8) is 0 Å². The van der Waals surface area contributed by atoms with E-state index in [1.807, 2.05) is 0 Å². The van der Waals surface area contributed by atoms with E-state index in [-0.39, 0.29) is 39.3 Å². The van der Waals surface area contributed by atoms with Gasteiger partial charge in [-0.15, -0.1) is 0 Å². The van der Waals surface area contributed by atoms with Crippen molar-refractivity contribution in [2.45, 2.75) is 55.1 Å². The standard InChI is InChI=1S/C20H23Br2NO4/c1-2-3-4-5-18(24)27-13-8-6-12(7-9-13)23-19(25)14-10-16(21)17(22)11-15(14)20(23)26/h6-9,14-17H,2-5,10-11H2,1H3/t14-,15-,16-,17+/m1/s1. The highest BCUT2D eigenvalue weighted by Crippen LogP contribution is 2.44. The molecule has 1 saturated heterocycles. The van der Waals surface area contributed by atoms with Gasteiger partial charge in [0.1, 0.15) is 5.75 Å². The van der Waals surface area contributed by atoms with E-state index in [9.17, 15) is 14.4 Å². The van der Waals surface area contributed by atoms with Crippen LogP contribution in [0.25, 0.3) is 0 Å². The Morgan fingerprint density at radius 1 is 1.04 bits per heavy atom. The summed E-state index contributed by atoms with van der Waals surface area (Å²) in [6, 6.07) is 6.60. The average molecular weight is 501 g/mol. The topological polar surface area (TPSA) is 63.7 Å². The van der Waals surface area contributed by atoms with E-state index >= 15 is 0 Å². The molecule has 1 aromatic carbocycles. The summed E-state index contributed by atoms with van der Waals surface area (Å²) in [5, 5.41) is 0. The maximum Gasteiger partial charge on any atom is 0.311 e. The van der Waals surface area contributed by atoms with Crippen LogP contribution < -0.4 is 9.64 Å². The second kappa shape index (κ2) is 8.86. The molecule has 1 aromatic rings. The molecule has 1 saturated carbocycles. The number of unbranched alkanes of at least 4 members (excludes halogenated alkanes) is 2. The van der Waals surface area contributed by atoms with Gasteiger partial charge in [0.05, 0.1) is 17.5 Å². The number of halogens is 2. The van der Waals surface area contributed by atoms with Crippen LogP contribution in [-0.4, -0.2) is 27.4 Å². The summed E-state index contributed by atoms with van der Waals surface area (Å²) in [5.41, 5.74) is 0.530. The number of benzene rings is 1. The minimum absolute atomic E-state index is 0.141. The quantitative estimate of drug-likeness (QED) is 0.188. The zero-order chi connectivity index (χ0) is 19.6. The minimum atomic E-state index is -0.272. The molecule has 2 aliphatic rings. The van der Waals surface area contributed by atoms with E-state index in [0.717, 1.165) is 19.3 Å². The molecule has 0 aromatic heterocycles. The van der Waals surface area contributed by atoms with Crippen LogP contribution >= 0.6 is 31.9 Å². The number of carbonyl (C=O) groups is 3. The monoisotopic (exact) mass is 499 g/mol. The molecule has 0 spiro atoms. The largest absolute Gasteiger partial charge is 0.427 e. The number of ether oxygens (including phenoxy) is 1. The highest BCUT2D eigenvalue weighted by Gasteiger charge is 2.52. The third-order valence-corrected chi connectivity index (χ3v) is 7.96. The zero-order valence-electron chi connectivity index (χ0n) is 15.2. The van der Waals surface area contributed by atoms with Crippen LogP contribution in [0.1, 0.15) is 45.4 Å². The van der Waals surface area contributed by atoms with Crippen molar-refractivity contribution >= 4 is 55.3 Å². The molecule has 7 heteroatoms. The Bertz CT molecular complexity index is 693. The van der Waals surface area contributed by atoms with Crippen LogP contribution in [-0.2, 0) is 14.4 Å². The molecular formula is C20H23Br2NO4. The summed E-state index contributed by atoms with van der Waals surface area (Å²) in [7, 11) is 0. The Kier molecular flexibility index (Phi) is 6.74. The number of rotatable bonds is 6. The van der Waals surface area contributed by atoms with Crippen molar-refractivity contribution in [3.05, 3.63) is 24.3 Å². The first kappa shape index (κ1) is 20.5. The number of amides is 2. The third-order valence-electron chi connectivity index (χ3n) is 5.22. The summed E-state index contributed by atoms with van der Waals surface area (Å²) >= 11 is 7.18. The summed E-state index contributed by atoms with van der Waals surface area (Å²) in [6.07, 6.45) is 4.55. The van der Waals surface area contributed by atoms with Gasteiger partial charge in [-0.1, -0.05) is 51.6 Å². The summed E-state index contributed by atoms with van der Waals surface area (Å²) < 4.78 is 5.32. The molecule has 27 heavy (non-hydrogen) atoms. The summed E-state index contributed by atoms with van der Waals surface area (Å²) in [4.78, 5) is 39.1. The fourth-order valence-corrected chi connectivity index (χ4v) is 4.95. The average Bonchev–Trinajstić information content (AvgIpc) is 2.87. The summed E-state index contributed by atoms with van der Waals surface area (Å²) in [6.45, 7) is 2.08. The lowest BCUT2D eigenvalue weighted by atomic mass is 9.81. The van der Waals surface area contributed by atoms with E-state index < -0.39 is 0 Å². The van der Waals surface area contributed by atoms with Gasteiger partial charge < -0.3 is 4.74 Å². The van der Waals surface area contributed by atoms with Gasteiger partial charge in [-0.2, -0.15) is 0 Å². The van der Waals surface area contributed by atoms with Crippen LogP contribution in [0.4, 0.5) is 5.69 Å². The number of hydrogen-bond donors (Lipinski definition) is 0. The lowest BCUT2D eigenvalue weighted by Gasteiger charge is -2.29. The second-order valence-electron chi connectivity index (χ2n) is 7.15. The zero-order valence-corrected chi connectivity index (χ0v) is 18.4. The normalized spacial score (nSPS) is 27.6. The fourth-order valence-electron chi connectivity index (χ4n) is 3.71. The highest BCUT2D eigenvalue weighted by molar-refractivity contribution is 9.12. The number of carbonyl (C=O) groups excluding carboxylic acids is 3. The Hall–Kier alpha value is -1.21. The molecule has 2 fully saturated rings. The van der Waals surface area contributed by atoms with Crippen LogP contribution in [0.2, 0.25) is 0 Å². The first-order valence-electron chi connectivity index (χ1n) is 9.39. The van der Waals surface area contributed by atoms with Crippen molar-refractivity contribution in [3.8, 4) is 5.75 Å². The Balaban J connectivity index is 1.67. The van der Waals surface area contributed by atoms with E-state index in [1.165, 1.54) is 4.90 Å². The predicted octanol–water partition coefficient (Wildman–Crippen LogP) is 4.60. The number of esters is 1. The molecule has 1 heterocycles. The molecule has 1 aliphatic heterocycles. The van der Waals surface area contributed by atoms with Gasteiger partial charge in [0.2, 0.25) is 11.8 Å². The minimum Gasteiger partial charge on any atom is -0.427 e. The van der Waals surface area contributed by atoms with E-state index in [0.29, 0.717) is 30.7 Å². The molecule has 0 unspecified atom stereocenters. The lowest BCUT2D eigenvalue weighted by molar-refractivity contribution is -0.134. The van der Waals surface area contributed by atoms with Crippen molar-refractivity contribution in [2.75, 3.05) is 4.90 Å². The van der Waals surface area contributed by atoms with Gasteiger partial charge in [0.25, 0.3) is 0 Å². The number of hydrogen-bond acceptors (Lipinski definition) is 4. The number of nitrogens with zero attached hydrogens (tertiary/aromatic N) is 1. The molecule has 2 amide bonds. The summed E-state index contributed by atoms with van der Waals surface area (Å²) in [5.74, 6) is -0.658. The van der Waals surface area contributed by atoms with Gasteiger partial charge in [-0.05, 0) is 43.5 Å². The maximum absolute atomic E-state index is 12.8. The van der Waals surface area contributed by atoms with Crippen molar-refractivity contribution in [2.24, 2.45) is 11.8 Å². The van der Waals surface area contributed by atoms with Crippen molar-refractivity contribution in [1.29, 1.82) is 0 Å². The SMILES string of the molecule is CCCCCC(=O)Oc1ccc(N2C(=O)[C@@H]3C[C@@H](Br)[C@@H](Br)C[C@H]3C2=O)cc1. The van der Waals surface area contributed by atoms with Gasteiger partial charge in [0.15, 0.2) is 0 Å². The molecule has 4 atom stereocenters. The Labute approximate surface area is 176 Å². The molecule has 0 bridgehead atoms. The molecule has 0 N–H and O–H groups in total. The highest BCUT2D eigenvalue weighted by atomic mass is 79.9. The fraction of sp³-hybridized carbons (Fsp3) is 0.550. The molecule has 5 nitrogen and oxygen atoms in total. The van der Waals surface area contributed by atoms with Crippen LogP contribution in [0, 0.1) is 11.8 Å². The predicted molar refractivity (Wildman–Crippen MR) is 110 cm³/mol. The number of anilines is 1. The molecular weight excluding hydrogens is 478 g/mol. The Morgan fingerprint density at radius 3 is 2.11 bits per heavy atom. The lowest BCUT2D eigenvalue weighted by Crippen LogP contribution is -2.34. The Morgan fingerprint density at radius 2 is 1.59 bits per heavy atom. The van der Waals surface area contributed by atoms with Crippen LogP contribution in [0.5, 0.6) is 5.75 Å². The smallest absolute Gasteiger partial charge is 0.311 e. The first-order chi connectivity index (χ1) is 12.9. The molecule has 3 rings (SSSR count). The van der Waals surface area contributed by atoms with Crippen LogP contribution in [0.3, 0.4) is 0 Å². The molecule has 0 radical (unpaired) electrons. The van der Waals surface area contributed by atoms with E-state index in [2.05, 4.69) is 38.8 Å². The number of imide groups is 1. The van der Waals surface area contributed by atoms with Gasteiger partial charge in [0, 0.05) is 16.1 Å². The second-order valence-corrected chi connectivity index (χ2v) is 9.51. The van der Waals surface area contributed by atoms with Gasteiger partial charge in [-0.25, -0.2) is 0 Å². The van der Waals surface area contributed by atoms with Crippen molar-refractivity contribution < 1.29 is 19.1 Å². The van der Waals surface area contributed by atoms with Gasteiger partial charge in [-0.3, -0.25) is 19.3 Å². The van der Waals surface area contributed by atoms with Crippen LogP contribution in [0.15, 0.2) is 24.3 Å². The number of fused-ring (bicyclic) bond motifs is 1. The van der Waals surface area contributed by atoms with Gasteiger partial charge >= 0.3 is 5.97 Å². The molecule has 1 aliphatic carbocycles. The van der Waals surface area contributed by atoms with E-state index in [1.54, 1.807) is 24.3 Å². The third kappa shape index (κ3) is 4.45. The van der Waals surface area contributed by atoms with Crippen molar-refractivity contribution in [1.82, 2.24) is 0 Å². The maximum atomic E-state index is 12.8. The molecule has 146 valence electrons. The van der Waals surface area contributed by atoms with E-state index in [4.69, 9.17) is 4.74 Å². The first-order valence-corrected chi connectivity index (χ1v) is 11.2.